The number of likely N-dealkylation sites (tertiary alicyclic amines) is 1. The molecule has 2 heterocycles. The van der Waals surface area contributed by atoms with E-state index in [2.05, 4.69) is 10.2 Å². The number of benzene rings is 1. The molecule has 1 aliphatic rings. The summed E-state index contributed by atoms with van der Waals surface area (Å²) in [5.74, 6) is 0.857. The fourth-order valence-corrected chi connectivity index (χ4v) is 3.36. The Bertz CT molecular complexity index is 645. The maximum Gasteiger partial charge on any atom is 0.134 e. The topological polar surface area (TPSA) is 57.9 Å². The lowest BCUT2D eigenvalue weighted by atomic mass is 9.91. The summed E-state index contributed by atoms with van der Waals surface area (Å²) in [5.41, 5.74) is 1.58. The van der Waals surface area contributed by atoms with Crippen LogP contribution in [0.25, 0.3) is 11.0 Å². The van der Waals surface area contributed by atoms with Crippen LogP contribution in [0.3, 0.4) is 0 Å². The van der Waals surface area contributed by atoms with E-state index in [0.717, 1.165) is 55.6 Å². The van der Waals surface area contributed by atoms with Gasteiger partial charge in [-0.1, -0.05) is 0 Å². The van der Waals surface area contributed by atoms with Crippen LogP contribution in [-0.4, -0.2) is 55.9 Å². The molecule has 0 aliphatic carbocycles. The molecule has 0 atom stereocenters. The Morgan fingerprint density at radius 1 is 1.35 bits per heavy atom. The average molecular weight is 318 g/mol. The Morgan fingerprint density at radius 2 is 2.13 bits per heavy atom. The van der Waals surface area contributed by atoms with Gasteiger partial charge in [0.05, 0.1) is 19.0 Å². The molecule has 0 unspecified atom stereocenters. The van der Waals surface area contributed by atoms with Gasteiger partial charge in [0.25, 0.3) is 0 Å². The third-order valence-electron chi connectivity index (χ3n) is 4.85. The van der Waals surface area contributed by atoms with Crippen molar-refractivity contribution in [2.45, 2.75) is 24.9 Å². The molecule has 23 heavy (non-hydrogen) atoms. The van der Waals surface area contributed by atoms with Crippen LogP contribution in [0, 0.1) is 0 Å². The number of hydrogen-bond donors (Lipinski definition) is 2. The summed E-state index contributed by atoms with van der Waals surface area (Å²) in [4.78, 5) is 2.42. The molecule has 0 amide bonds. The zero-order chi connectivity index (χ0) is 16.3. The lowest BCUT2D eigenvalue weighted by molar-refractivity contribution is -0.0182. The first-order valence-electron chi connectivity index (χ1n) is 8.27. The summed E-state index contributed by atoms with van der Waals surface area (Å²) in [6.45, 7) is 3.54. The Hall–Kier alpha value is -1.56. The summed E-state index contributed by atoms with van der Waals surface area (Å²) in [6.07, 6.45) is 4.46. The van der Waals surface area contributed by atoms with Crippen molar-refractivity contribution in [2.24, 2.45) is 0 Å². The van der Waals surface area contributed by atoms with Gasteiger partial charge in [0.15, 0.2) is 0 Å². The number of furan rings is 1. The van der Waals surface area contributed by atoms with E-state index in [1.807, 2.05) is 31.5 Å². The Morgan fingerprint density at radius 3 is 2.83 bits per heavy atom. The summed E-state index contributed by atoms with van der Waals surface area (Å²) < 4.78 is 10.9. The van der Waals surface area contributed by atoms with E-state index < -0.39 is 5.60 Å². The van der Waals surface area contributed by atoms with E-state index >= 15 is 0 Å². The Balaban J connectivity index is 1.59. The van der Waals surface area contributed by atoms with Gasteiger partial charge in [0.1, 0.15) is 11.3 Å². The van der Waals surface area contributed by atoms with Crippen molar-refractivity contribution in [3.63, 3.8) is 0 Å². The van der Waals surface area contributed by atoms with Gasteiger partial charge in [-0.15, -0.1) is 0 Å². The van der Waals surface area contributed by atoms with E-state index in [4.69, 9.17) is 9.15 Å². The maximum absolute atomic E-state index is 10.4. The predicted molar refractivity (Wildman–Crippen MR) is 91.0 cm³/mol. The third-order valence-corrected chi connectivity index (χ3v) is 4.85. The van der Waals surface area contributed by atoms with Crippen LogP contribution in [0.5, 0.6) is 5.75 Å². The van der Waals surface area contributed by atoms with Gasteiger partial charge in [-0.25, -0.2) is 0 Å². The Kier molecular flexibility index (Phi) is 4.90. The molecule has 0 spiro atoms. The SMILES string of the molecule is CNCC1(O)CCN(CCc2coc3ccc(OC)cc23)CC1. The second kappa shape index (κ2) is 6.91. The van der Waals surface area contributed by atoms with Gasteiger partial charge in [0, 0.05) is 31.6 Å². The second-order valence-corrected chi connectivity index (χ2v) is 6.47. The van der Waals surface area contributed by atoms with E-state index in [1.54, 1.807) is 7.11 Å². The van der Waals surface area contributed by atoms with E-state index in [1.165, 1.54) is 5.56 Å². The number of nitrogens with zero attached hydrogens (tertiary/aromatic N) is 1. The van der Waals surface area contributed by atoms with Crippen molar-refractivity contribution in [1.29, 1.82) is 0 Å². The summed E-state index contributed by atoms with van der Waals surface area (Å²) in [7, 11) is 3.57. The number of fused-ring (bicyclic) bond motifs is 1. The van der Waals surface area contributed by atoms with Crippen LogP contribution in [0.15, 0.2) is 28.9 Å². The maximum atomic E-state index is 10.4. The van der Waals surface area contributed by atoms with E-state index in [0.29, 0.717) is 6.54 Å². The number of methoxy groups -OCH3 is 1. The van der Waals surface area contributed by atoms with Crippen molar-refractivity contribution in [3.05, 3.63) is 30.0 Å². The smallest absolute Gasteiger partial charge is 0.134 e. The van der Waals surface area contributed by atoms with Crippen LogP contribution in [0.2, 0.25) is 0 Å². The first-order valence-corrected chi connectivity index (χ1v) is 8.27. The van der Waals surface area contributed by atoms with Crippen molar-refractivity contribution < 1.29 is 14.3 Å². The van der Waals surface area contributed by atoms with Gasteiger partial charge in [-0.05, 0) is 50.1 Å². The molecular weight excluding hydrogens is 292 g/mol. The molecule has 3 rings (SSSR count). The molecule has 2 N–H and O–H groups in total. The highest BCUT2D eigenvalue weighted by atomic mass is 16.5. The normalized spacial score (nSPS) is 18.4. The standard InChI is InChI=1S/C18H26N2O3/c1-19-13-18(21)6-9-20(10-7-18)8-5-14-12-23-17-4-3-15(22-2)11-16(14)17/h3-4,11-12,19,21H,5-10,13H2,1-2H3. The monoisotopic (exact) mass is 318 g/mol. The fourth-order valence-electron chi connectivity index (χ4n) is 3.36. The molecule has 1 aromatic heterocycles. The van der Waals surface area contributed by atoms with E-state index in [-0.39, 0.29) is 0 Å². The van der Waals surface area contributed by atoms with Crippen LogP contribution >= 0.6 is 0 Å². The number of piperidine rings is 1. The largest absolute Gasteiger partial charge is 0.497 e. The minimum Gasteiger partial charge on any atom is -0.497 e. The zero-order valence-corrected chi connectivity index (χ0v) is 14.0. The first-order chi connectivity index (χ1) is 11.1. The molecule has 0 radical (unpaired) electrons. The van der Waals surface area contributed by atoms with E-state index in [9.17, 15) is 5.11 Å². The third kappa shape index (κ3) is 3.68. The number of aliphatic hydroxyl groups is 1. The van der Waals surface area contributed by atoms with Gasteiger partial charge in [-0.2, -0.15) is 0 Å². The minimum absolute atomic E-state index is 0.541. The molecule has 5 nitrogen and oxygen atoms in total. The molecule has 0 saturated carbocycles. The zero-order valence-electron chi connectivity index (χ0n) is 14.0. The number of nitrogens with one attached hydrogen (secondary N) is 1. The quantitative estimate of drug-likeness (QED) is 0.853. The average Bonchev–Trinajstić information content (AvgIpc) is 2.96. The number of ether oxygens (including phenoxy) is 1. The number of hydrogen-bond acceptors (Lipinski definition) is 5. The van der Waals surface area contributed by atoms with Crippen molar-refractivity contribution in [3.8, 4) is 5.75 Å². The highest BCUT2D eigenvalue weighted by molar-refractivity contribution is 5.82. The number of likely N-dealkylation sites (N-methyl/N-ethyl adjacent to an activating group) is 1. The molecule has 2 aromatic rings. The van der Waals surface area contributed by atoms with Crippen LogP contribution in [-0.2, 0) is 6.42 Å². The minimum atomic E-state index is -0.541. The lowest BCUT2D eigenvalue weighted by Gasteiger charge is -2.38. The highest BCUT2D eigenvalue weighted by Gasteiger charge is 2.31. The van der Waals surface area contributed by atoms with Gasteiger partial charge in [0.2, 0.25) is 0 Å². The van der Waals surface area contributed by atoms with Crippen molar-refractivity contribution >= 4 is 11.0 Å². The second-order valence-electron chi connectivity index (χ2n) is 6.47. The van der Waals surface area contributed by atoms with Crippen LogP contribution < -0.4 is 10.1 Å². The summed E-state index contributed by atoms with van der Waals surface area (Å²) in [6, 6.07) is 5.91. The van der Waals surface area contributed by atoms with Crippen molar-refractivity contribution in [2.75, 3.05) is 40.3 Å². The van der Waals surface area contributed by atoms with Gasteiger partial charge >= 0.3 is 0 Å². The molecule has 126 valence electrons. The molecule has 1 saturated heterocycles. The fraction of sp³-hybridized carbons (Fsp3) is 0.556. The Labute approximate surface area is 137 Å². The molecule has 5 heteroatoms. The number of rotatable bonds is 6. The highest BCUT2D eigenvalue weighted by Crippen LogP contribution is 2.27. The molecular formula is C18H26N2O3. The molecule has 1 aromatic carbocycles. The van der Waals surface area contributed by atoms with Gasteiger partial charge < -0.3 is 24.5 Å². The van der Waals surface area contributed by atoms with Crippen LogP contribution in [0.4, 0.5) is 0 Å². The van der Waals surface area contributed by atoms with Crippen molar-refractivity contribution in [1.82, 2.24) is 10.2 Å². The predicted octanol–water partition coefficient (Wildman–Crippen LogP) is 2.03. The molecule has 1 aliphatic heterocycles. The van der Waals surface area contributed by atoms with Crippen LogP contribution in [0.1, 0.15) is 18.4 Å². The summed E-state index contributed by atoms with van der Waals surface area (Å²) >= 11 is 0. The first kappa shape index (κ1) is 16.3. The molecule has 1 fully saturated rings. The lowest BCUT2D eigenvalue weighted by Crippen LogP contribution is -2.49. The molecule has 0 bridgehead atoms. The van der Waals surface area contributed by atoms with Gasteiger partial charge in [-0.3, -0.25) is 0 Å². The summed E-state index contributed by atoms with van der Waals surface area (Å²) in [5, 5.41) is 14.6.